The summed E-state index contributed by atoms with van der Waals surface area (Å²) in [6.45, 7) is 9.55. The number of carbonyl (C=O) groups excluding carboxylic acids is 2. The van der Waals surface area contributed by atoms with E-state index in [2.05, 4.69) is 38.0 Å². The van der Waals surface area contributed by atoms with Crippen molar-refractivity contribution in [2.75, 3.05) is 59.4 Å². The zero-order chi connectivity index (χ0) is 18.2. The molecule has 140 valence electrons. The van der Waals surface area contributed by atoms with E-state index in [-0.39, 0.29) is 18.4 Å². The summed E-state index contributed by atoms with van der Waals surface area (Å²) in [6, 6.07) is 3.61. The topological polar surface area (TPSA) is 55.9 Å². The summed E-state index contributed by atoms with van der Waals surface area (Å²) in [4.78, 5) is 31.2. The van der Waals surface area contributed by atoms with Gasteiger partial charge >= 0.3 is 0 Å². The number of amides is 2. The fourth-order valence-corrected chi connectivity index (χ4v) is 4.20. The fourth-order valence-electron chi connectivity index (χ4n) is 2.82. The zero-order valence-electron chi connectivity index (χ0n) is 15.0. The summed E-state index contributed by atoms with van der Waals surface area (Å²) in [5, 5.41) is 2.91. The number of carbonyl (C=O) groups is 2. The van der Waals surface area contributed by atoms with Gasteiger partial charge in [0, 0.05) is 39.8 Å². The number of likely N-dealkylation sites (N-methyl/N-ethyl adjacent to an activating group) is 2. The molecule has 8 heteroatoms. The molecule has 1 aromatic rings. The summed E-state index contributed by atoms with van der Waals surface area (Å²) in [7, 11) is 1.66. The summed E-state index contributed by atoms with van der Waals surface area (Å²) in [5.41, 5.74) is 0. The van der Waals surface area contributed by atoms with E-state index in [1.54, 1.807) is 13.1 Å². The summed E-state index contributed by atoms with van der Waals surface area (Å²) < 4.78 is 0.911. The second-order valence-electron chi connectivity index (χ2n) is 6.24. The van der Waals surface area contributed by atoms with Crippen molar-refractivity contribution < 1.29 is 9.59 Å². The SMILES string of the molecule is CCN1CCN(CCCNC(=O)CN(C)C(=O)c2ccc(Br)s2)CC1. The second kappa shape index (κ2) is 10.3. The van der Waals surface area contributed by atoms with Crippen molar-refractivity contribution in [2.45, 2.75) is 13.3 Å². The second-order valence-corrected chi connectivity index (χ2v) is 8.71. The van der Waals surface area contributed by atoms with Crippen LogP contribution in [0, 0.1) is 0 Å². The van der Waals surface area contributed by atoms with Gasteiger partial charge in [-0.2, -0.15) is 0 Å². The maximum Gasteiger partial charge on any atom is 0.264 e. The van der Waals surface area contributed by atoms with Crippen LogP contribution in [0.4, 0.5) is 0 Å². The van der Waals surface area contributed by atoms with Crippen molar-refractivity contribution in [3.8, 4) is 0 Å². The van der Waals surface area contributed by atoms with Crippen molar-refractivity contribution >= 4 is 39.1 Å². The van der Waals surface area contributed by atoms with Gasteiger partial charge in [0.25, 0.3) is 5.91 Å². The van der Waals surface area contributed by atoms with Crippen LogP contribution in [0.25, 0.3) is 0 Å². The molecule has 1 N–H and O–H groups in total. The summed E-state index contributed by atoms with van der Waals surface area (Å²) in [6.07, 6.45) is 0.938. The van der Waals surface area contributed by atoms with Gasteiger partial charge in [-0.25, -0.2) is 0 Å². The highest BCUT2D eigenvalue weighted by Crippen LogP contribution is 2.22. The number of rotatable bonds is 8. The van der Waals surface area contributed by atoms with Gasteiger partial charge in [-0.15, -0.1) is 11.3 Å². The van der Waals surface area contributed by atoms with E-state index in [4.69, 9.17) is 0 Å². The molecule has 1 saturated heterocycles. The van der Waals surface area contributed by atoms with Crippen molar-refractivity contribution in [3.05, 3.63) is 20.8 Å². The van der Waals surface area contributed by atoms with Gasteiger partial charge in [0.15, 0.2) is 0 Å². The average molecular weight is 431 g/mol. The molecule has 0 spiro atoms. The number of piperazine rings is 1. The molecule has 25 heavy (non-hydrogen) atoms. The molecule has 0 radical (unpaired) electrons. The first kappa shape index (κ1) is 20.4. The number of nitrogens with zero attached hydrogens (tertiary/aromatic N) is 3. The van der Waals surface area contributed by atoms with Gasteiger partial charge in [-0.1, -0.05) is 6.92 Å². The summed E-state index contributed by atoms with van der Waals surface area (Å²) >= 11 is 4.72. The van der Waals surface area contributed by atoms with E-state index >= 15 is 0 Å². The van der Waals surface area contributed by atoms with E-state index in [1.807, 2.05) is 6.07 Å². The first-order valence-electron chi connectivity index (χ1n) is 8.71. The highest BCUT2D eigenvalue weighted by molar-refractivity contribution is 9.11. The van der Waals surface area contributed by atoms with Crippen molar-refractivity contribution in [1.82, 2.24) is 20.0 Å². The van der Waals surface area contributed by atoms with Crippen LogP contribution in [-0.2, 0) is 4.79 Å². The maximum absolute atomic E-state index is 12.2. The molecule has 1 fully saturated rings. The minimum atomic E-state index is -0.125. The van der Waals surface area contributed by atoms with Crippen LogP contribution in [0.15, 0.2) is 15.9 Å². The van der Waals surface area contributed by atoms with E-state index < -0.39 is 0 Å². The van der Waals surface area contributed by atoms with Crippen LogP contribution in [0.3, 0.4) is 0 Å². The normalized spacial score (nSPS) is 16.0. The molecule has 1 aromatic heterocycles. The van der Waals surface area contributed by atoms with Crippen LogP contribution >= 0.6 is 27.3 Å². The van der Waals surface area contributed by atoms with Crippen molar-refractivity contribution in [2.24, 2.45) is 0 Å². The van der Waals surface area contributed by atoms with E-state index in [9.17, 15) is 9.59 Å². The van der Waals surface area contributed by atoms with Crippen LogP contribution < -0.4 is 5.32 Å². The quantitative estimate of drug-likeness (QED) is 0.637. The lowest BCUT2D eigenvalue weighted by Gasteiger charge is -2.33. The van der Waals surface area contributed by atoms with Crippen LogP contribution in [-0.4, -0.2) is 85.9 Å². The minimum Gasteiger partial charge on any atom is -0.355 e. The fraction of sp³-hybridized carbons (Fsp3) is 0.647. The van der Waals surface area contributed by atoms with Crippen LogP contribution in [0.1, 0.15) is 23.0 Å². The van der Waals surface area contributed by atoms with Gasteiger partial charge in [0.1, 0.15) is 0 Å². The highest BCUT2D eigenvalue weighted by atomic mass is 79.9. The molecular weight excluding hydrogens is 404 g/mol. The molecule has 0 saturated carbocycles. The van der Waals surface area contributed by atoms with E-state index in [0.29, 0.717) is 11.4 Å². The molecule has 0 aliphatic carbocycles. The Hall–Kier alpha value is -0.960. The Labute approximate surface area is 162 Å². The Morgan fingerprint density at radius 2 is 1.92 bits per heavy atom. The number of nitrogens with one attached hydrogen (secondary N) is 1. The molecule has 1 aliphatic rings. The lowest BCUT2D eigenvalue weighted by atomic mass is 10.3. The molecule has 0 unspecified atom stereocenters. The molecule has 2 rings (SSSR count). The third-order valence-electron chi connectivity index (χ3n) is 4.40. The lowest BCUT2D eigenvalue weighted by Crippen LogP contribution is -2.46. The molecule has 2 heterocycles. The Bertz CT molecular complexity index is 573. The zero-order valence-corrected chi connectivity index (χ0v) is 17.4. The molecular formula is C17H27BrN4O2S. The van der Waals surface area contributed by atoms with Gasteiger partial charge < -0.3 is 20.0 Å². The highest BCUT2D eigenvalue weighted by Gasteiger charge is 2.17. The molecule has 0 bridgehead atoms. The molecule has 6 nitrogen and oxygen atoms in total. The van der Waals surface area contributed by atoms with Gasteiger partial charge in [-0.05, 0) is 47.6 Å². The van der Waals surface area contributed by atoms with Gasteiger partial charge in [0.2, 0.25) is 5.91 Å². The Morgan fingerprint density at radius 3 is 2.52 bits per heavy atom. The van der Waals surface area contributed by atoms with Crippen molar-refractivity contribution in [1.29, 1.82) is 0 Å². The number of halogens is 1. The predicted octanol–water partition coefficient (Wildman–Crippen LogP) is 1.73. The molecule has 2 amide bonds. The lowest BCUT2D eigenvalue weighted by molar-refractivity contribution is -0.121. The smallest absolute Gasteiger partial charge is 0.264 e. The largest absolute Gasteiger partial charge is 0.355 e. The Kier molecular flexibility index (Phi) is 8.35. The van der Waals surface area contributed by atoms with E-state index in [1.165, 1.54) is 16.2 Å². The molecule has 0 aromatic carbocycles. The number of hydrogen-bond acceptors (Lipinski definition) is 5. The third kappa shape index (κ3) is 6.69. The number of hydrogen-bond donors (Lipinski definition) is 1. The first-order chi connectivity index (χ1) is 12.0. The monoisotopic (exact) mass is 430 g/mol. The van der Waals surface area contributed by atoms with E-state index in [0.717, 1.165) is 49.5 Å². The average Bonchev–Trinajstić information content (AvgIpc) is 3.05. The van der Waals surface area contributed by atoms with Crippen molar-refractivity contribution in [3.63, 3.8) is 0 Å². The van der Waals surface area contributed by atoms with Crippen LogP contribution in [0.2, 0.25) is 0 Å². The maximum atomic E-state index is 12.2. The van der Waals surface area contributed by atoms with Gasteiger partial charge in [-0.3, -0.25) is 9.59 Å². The Morgan fingerprint density at radius 1 is 1.24 bits per heavy atom. The first-order valence-corrected chi connectivity index (χ1v) is 10.3. The summed E-state index contributed by atoms with van der Waals surface area (Å²) in [5.74, 6) is -0.234. The number of thiophene rings is 1. The third-order valence-corrected chi connectivity index (χ3v) is 6.01. The van der Waals surface area contributed by atoms with Gasteiger partial charge in [0.05, 0.1) is 15.2 Å². The molecule has 0 atom stereocenters. The Balaban J connectivity index is 1.60. The standard InChI is InChI=1S/C17H27BrN4O2S/c1-3-21-9-11-22(12-10-21)8-4-7-19-16(23)13-20(2)17(24)14-5-6-15(18)25-14/h5-6H,3-4,7-13H2,1-2H3,(H,19,23). The minimum absolute atomic E-state index is 0.0868. The predicted molar refractivity (Wildman–Crippen MR) is 105 cm³/mol. The van der Waals surface area contributed by atoms with Crippen LogP contribution in [0.5, 0.6) is 0 Å². The molecule has 1 aliphatic heterocycles.